The molecule has 0 saturated heterocycles. The van der Waals surface area contributed by atoms with Gasteiger partial charge in [-0.3, -0.25) is 4.79 Å². The van der Waals surface area contributed by atoms with Crippen molar-refractivity contribution in [3.05, 3.63) is 82.3 Å². The van der Waals surface area contributed by atoms with Gasteiger partial charge >= 0.3 is 0 Å². The van der Waals surface area contributed by atoms with Gasteiger partial charge in [0.25, 0.3) is 5.91 Å². The minimum absolute atomic E-state index is 0.0453. The Kier molecular flexibility index (Phi) is 7.08. The standard InChI is InChI=1S/C31H36N2O2/c1-3-5-12-21-17-18-26-24(19-21)25(31(34)33-26)20-29-30(23-15-9-10-16-28(23)35-29)27(11-4-2)32-22-13-7-6-8-14-22/h6-8,13-14,17-20,27,32H,3-5,9-12,15-16H2,1-2H3,(H,33,34). The predicted molar refractivity (Wildman–Crippen MR) is 145 cm³/mol. The Morgan fingerprint density at radius 2 is 1.89 bits per heavy atom. The summed E-state index contributed by atoms with van der Waals surface area (Å²) in [4.78, 5) is 13.1. The van der Waals surface area contributed by atoms with Gasteiger partial charge in [-0.1, -0.05) is 51.0 Å². The average molecular weight is 469 g/mol. The molecule has 1 atom stereocenters. The van der Waals surface area contributed by atoms with Gasteiger partial charge in [0, 0.05) is 28.9 Å². The number of hydrogen-bond acceptors (Lipinski definition) is 3. The fourth-order valence-corrected chi connectivity index (χ4v) is 5.46. The molecule has 182 valence electrons. The van der Waals surface area contributed by atoms with Crippen LogP contribution in [0.15, 0.2) is 52.9 Å². The van der Waals surface area contributed by atoms with E-state index in [9.17, 15) is 4.79 Å². The van der Waals surface area contributed by atoms with Gasteiger partial charge in [-0.15, -0.1) is 0 Å². The SMILES string of the molecule is CCCCc1ccc2c(c1)C(=Cc1oc3c(c1C(CCC)Nc1ccccc1)CCCC3)C(=O)N2. The molecule has 0 radical (unpaired) electrons. The van der Waals surface area contributed by atoms with Crippen LogP contribution in [0.25, 0.3) is 11.6 Å². The second kappa shape index (κ2) is 10.6. The molecular weight excluding hydrogens is 432 g/mol. The Morgan fingerprint density at radius 3 is 2.69 bits per heavy atom. The highest BCUT2D eigenvalue weighted by Gasteiger charge is 2.30. The van der Waals surface area contributed by atoms with E-state index in [1.165, 1.54) is 23.1 Å². The van der Waals surface area contributed by atoms with Crippen LogP contribution in [0, 0.1) is 0 Å². The molecule has 0 bridgehead atoms. The van der Waals surface area contributed by atoms with Crippen molar-refractivity contribution < 1.29 is 9.21 Å². The van der Waals surface area contributed by atoms with E-state index in [-0.39, 0.29) is 11.9 Å². The first-order valence-electron chi connectivity index (χ1n) is 13.3. The molecule has 0 saturated carbocycles. The first kappa shape index (κ1) is 23.5. The summed E-state index contributed by atoms with van der Waals surface area (Å²) in [6.07, 6.45) is 11.8. The van der Waals surface area contributed by atoms with Crippen LogP contribution in [0.4, 0.5) is 11.4 Å². The van der Waals surface area contributed by atoms with Crippen molar-refractivity contribution in [3.8, 4) is 0 Å². The molecule has 2 heterocycles. The minimum Gasteiger partial charge on any atom is -0.461 e. The van der Waals surface area contributed by atoms with Crippen molar-refractivity contribution >= 4 is 28.9 Å². The summed E-state index contributed by atoms with van der Waals surface area (Å²) >= 11 is 0. The number of para-hydroxylation sites is 1. The van der Waals surface area contributed by atoms with Crippen LogP contribution in [0.1, 0.15) is 92.2 Å². The second-order valence-corrected chi connectivity index (χ2v) is 9.84. The number of benzene rings is 2. The van der Waals surface area contributed by atoms with E-state index < -0.39 is 0 Å². The molecule has 2 aromatic carbocycles. The maximum absolute atomic E-state index is 13.1. The number of aryl methyl sites for hydroxylation is 2. The number of furan rings is 1. The van der Waals surface area contributed by atoms with Gasteiger partial charge in [0.2, 0.25) is 0 Å². The van der Waals surface area contributed by atoms with Crippen molar-refractivity contribution in [3.63, 3.8) is 0 Å². The summed E-state index contributed by atoms with van der Waals surface area (Å²) in [6, 6.07) is 16.9. The van der Waals surface area contributed by atoms with Gasteiger partial charge in [0.15, 0.2) is 0 Å². The molecule has 2 N–H and O–H groups in total. The molecule has 1 aromatic heterocycles. The molecular formula is C31H36N2O2. The van der Waals surface area contributed by atoms with Gasteiger partial charge in [-0.25, -0.2) is 0 Å². The smallest absolute Gasteiger partial charge is 0.256 e. The lowest BCUT2D eigenvalue weighted by Gasteiger charge is -2.22. The van der Waals surface area contributed by atoms with E-state index in [0.29, 0.717) is 5.57 Å². The third kappa shape index (κ3) is 4.93. The van der Waals surface area contributed by atoms with Gasteiger partial charge in [-0.05, 0) is 80.0 Å². The molecule has 0 fully saturated rings. The zero-order valence-electron chi connectivity index (χ0n) is 21.0. The van der Waals surface area contributed by atoms with Crippen LogP contribution in [0.3, 0.4) is 0 Å². The Labute approximate surface area is 208 Å². The highest BCUT2D eigenvalue weighted by atomic mass is 16.3. The number of nitrogens with one attached hydrogen (secondary N) is 2. The summed E-state index contributed by atoms with van der Waals surface area (Å²) in [7, 11) is 0. The largest absolute Gasteiger partial charge is 0.461 e. The summed E-state index contributed by atoms with van der Waals surface area (Å²) in [5, 5.41) is 6.83. The lowest BCUT2D eigenvalue weighted by atomic mass is 9.89. The molecule has 1 amide bonds. The molecule has 0 spiro atoms. The molecule has 1 aliphatic heterocycles. The molecule has 3 aromatic rings. The normalized spacial score (nSPS) is 16.6. The van der Waals surface area contributed by atoms with E-state index in [1.807, 2.05) is 18.2 Å². The van der Waals surface area contributed by atoms with Gasteiger partial charge in [0.1, 0.15) is 11.5 Å². The molecule has 2 aliphatic rings. The third-order valence-electron chi connectivity index (χ3n) is 7.24. The molecule has 35 heavy (non-hydrogen) atoms. The summed E-state index contributed by atoms with van der Waals surface area (Å²) in [6.45, 7) is 4.43. The Balaban J connectivity index is 1.58. The number of fused-ring (bicyclic) bond motifs is 2. The van der Waals surface area contributed by atoms with E-state index in [1.54, 1.807) is 0 Å². The van der Waals surface area contributed by atoms with Crippen molar-refractivity contribution in [2.24, 2.45) is 0 Å². The van der Waals surface area contributed by atoms with Gasteiger partial charge in [-0.2, -0.15) is 0 Å². The van der Waals surface area contributed by atoms with E-state index in [0.717, 1.165) is 79.8 Å². The van der Waals surface area contributed by atoms with E-state index in [4.69, 9.17) is 4.42 Å². The first-order chi connectivity index (χ1) is 17.2. The number of hydrogen-bond donors (Lipinski definition) is 2. The molecule has 1 unspecified atom stereocenters. The quantitative estimate of drug-likeness (QED) is 0.313. The minimum atomic E-state index is -0.0453. The zero-order chi connectivity index (χ0) is 24.2. The van der Waals surface area contributed by atoms with Crippen LogP contribution in [0.2, 0.25) is 0 Å². The zero-order valence-corrected chi connectivity index (χ0v) is 21.0. The van der Waals surface area contributed by atoms with Gasteiger partial charge < -0.3 is 15.1 Å². The van der Waals surface area contributed by atoms with Crippen molar-refractivity contribution in [1.29, 1.82) is 0 Å². The Hall–Kier alpha value is -3.27. The van der Waals surface area contributed by atoms with Crippen LogP contribution in [-0.2, 0) is 24.1 Å². The van der Waals surface area contributed by atoms with Gasteiger partial charge in [0.05, 0.1) is 11.6 Å². The number of carbonyl (C=O) groups is 1. The lowest BCUT2D eigenvalue weighted by molar-refractivity contribution is -0.110. The van der Waals surface area contributed by atoms with Crippen molar-refractivity contribution in [2.75, 3.05) is 10.6 Å². The highest BCUT2D eigenvalue weighted by Crippen LogP contribution is 2.41. The number of anilines is 2. The first-order valence-corrected chi connectivity index (χ1v) is 13.3. The Bertz CT molecular complexity index is 1220. The van der Waals surface area contributed by atoms with E-state index in [2.05, 4.69) is 60.9 Å². The summed E-state index contributed by atoms with van der Waals surface area (Å²) < 4.78 is 6.53. The summed E-state index contributed by atoms with van der Waals surface area (Å²) in [5.41, 5.74) is 7.57. The maximum atomic E-state index is 13.1. The maximum Gasteiger partial charge on any atom is 0.256 e. The second-order valence-electron chi connectivity index (χ2n) is 9.84. The van der Waals surface area contributed by atoms with Crippen LogP contribution >= 0.6 is 0 Å². The fraction of sp³-hybridized carbons (Fsp3) is 0.387. The van der Waals surface area contributed by atoms with Crippen LogP contribution in [-0.4, -0.2) is 5.91 Å². The number of unbranched alkanes of at least 4 members (excludes halogenated alkanes) is 1. The third-order valence-corrected chi connectivity index (χ3v) is 7.24. The van der Waals surface area contributed by atoms with Crippen molar-refractivity contribution in [1.82, 2.24) is 0 Å². The fourth-order valence-electron chi connectivity index (χ4n) is 5.46. The molecule has 4 heteroatoms. The number of rotatable bonds is 9. The lowest BCUT2D eigenvalue weighted by Crippen LogP contribution is -2.14. The molecule has 5 rings (SSSR count). The molecule has 4 nitrogen and oxygen atoms in total. The van der Waals surface area contributed by atoms with E-state index >= 15 is 0 Å². The molecule has 1 aliphatic carbocycles. The predicted octanol–water partition coefficient (Wildman–Crippen LogP) is 7.95. The van der Waals surface area contributed by atoms with Crippen LogP contribution in [0.5, 0.6) is 0 Å². The monoisotopic (exact) mass is 468 g/mol. The van der Waals surface area contributed by atoms with Crippen molar-refractivity contribution in [2.45, 2.75) is 77.7 Å². The number of amides is 1. The highest BCUT2D eigenvalue weighted by molar-refractivity contribution is 6.34. The topological polar surface area (TPSA) is 54.3 Å². The summed E-state index contributed by atoms with van der Waals surface area (Å²) in [5.74, 6) is 1.90. The average Bonchev–Trinajstić information content (AvgIpc) is 3.40. The van der Waals surface area contributed by atoms with Crippen LogP contribution < -0.4 is 10.6 Å². The Morgan fingerprint density at radius 1 is 1.06 bits per heavy atom. The number of carbonyl (C=O) groups excluding carboxylic acids is 1.